The lowest BCUT2D eigenvalue weighted by Gasteiger charge is -2.13. The maximum Gasteiger partial charge on any atom is 0.229 e. The van der Waals surface area contributed by atoms with E-state index in [0.717, 1.165) is 0 Å². The Labute approximate surface area is 139 Å². The van der Waals surface area contributed by atoms with Crippen LogP contribution in [0, 0.1) is 0 Å². The molecule has 1 heterocycles. The highest BCUT2D eigenvalue weighted by atomic mass is 35.5. The summed E-state index contributed by atoms with van der Waals surface area (Å²) in [4.78, 5) is 8.57. The van der Waals surface area contributed by atoms with E-state index >= 15 is 0 Å². The van der Waals surface area contributed by atoms with Crippen LogP contribution >= 0.6 is 11.6 Å². The molecule has 1 aromatic heterocycles. The molecule has 2 rings (SSSR count). The highest BCUT2D eigenvalue weighted by molar-refractivity contribution is 6.32. The highest BCUT2D eigenvalue weighted by Gasteiger charge is 2.11. The molecular weight excluding hydrogens is 320 g/mol. The molecule has 23 heavy (non-hydrogen) atoms. The lowest BCUT2D eigenvalue weighted by atomic mass is 10.2. The van der Waals surface area contributed by atoms with Crippen LogP contribution in [0.25, 0.3) is 0 Å². The van der Waals surface area contributed by atoms with Gasteiger partial charge in [-0.2, -0.15) is 4.98 Å². The number of ether oxygens (including phenoxy) is 3. The quantitative estimate of drug-likeness (QED) is 0.716. The molecular formula is C15H19ClN4O3. The summed E-state index contributed by atoms with van der Waals surface area (Å²) >= 11 is 6.09. The second-order valence-corrected chi connectivity index (χ2v) is 4.90. The van der Waals surface area contributed by atoms with Gasteiger partial charge in [-0.05, 0) is 6.07 Å². The Kier molecular flexibility index (Phi) is 6.25. The molecule has 2 aromatic rings. The first-order chi connectivity index (χ1) is 11.2. The van der Waals surface area contributed by atoms with Gasteiger partial charge in [-0.1, -0.05) is 11.6 Å². The van der Waals surface area contributed by atoms with Crippen molar-refractivity contribution in [3.63, 3.8) is 0 Å². The normalized spacial score (nSPS) is 10.3. The molecule has 0 spiro atoms. The van der Waals surface area contributed by atoms with Crippen molar-refractivity contribution in [2.24, 2.45) is 0 Å². The molecule has 0 unspecified atom stereocenters. The molecule has 0 aliphatic heterocycles. The molecule has 0 aliphatic carbocycles. The third-order valence-electron chi connectivity index (χ3n) is 2.99. The van der Waals surface area contributed by atoms with Gasteiger partial charge in [0.05, 0.1) is 31.5 Å². The summed E-state index contributed by atoms with van der Waals surface area (Å²) in [5.74, 6) is 2.22. The summed E-state index contributed by atoms with van der Waals surface area (Å²) in [5.41, 5.74) is 0.655. The van der Waals surface area contributed by atoms with Crippen LogP contribution in [0.4, 0.5) is 17.5 Å². The van der Waals surface area contributed by atoms with Crippen LogP contribution in [-0.4, -0.2) is 44.4 Å². The Morgan fingerprint density at radius 3 is 2.61 bits per heavy atom. The number of rotatable bonds is 8. The van der Waals surface area contributed by atoms with Gasteiger partial charge in [0.15, 0.2) is 0 Å². The van der Waals surface area contributed by atoms with Gasteiger partial charge in [-0.3, -0.25) is 0 Å². The molecule has 0 atom stereocenters. The number of aromatic nitrogens is 2. The van der Waals surface area contributed by atoms with E-state index < -0.39 is 0 Å². The van der Waals surface area contributed by atoms with Gasteiger partial charge < -0.3 is 24.8 Å². The predicted octanol–water partition coefficient (Wildman–Crippen LogP) is 2.95. The number of hydrogen-bond acceptors (Lipinski definition) is 7. The minimum atomic E-state index is 0.426. The summed E-state index contributed by atoms with van der Waals surface area (Å²) in [6, 6.07) is 5.18. The van der Waals surface area contributed by atoms with Crippen molar-refractivity contribution in [3.05, 3.63) is 29.4 Å². The number of nitrogens with zero attached hydrogens (tertiary/aromatic N) is 2. The molecule has 2 N–H and O–H groups in total. The molecule has 0 saturated heterocycles. The van der Waals surface area contributed by atoms with Crippen molar-refractivity contribution in [2.75, 3.05) is 45.1 Å². The molecule has 0 bridgehead atoms. The molecule has 7 nitrogen and oxygen atoms in total. The number of nitrogens with one attached hydrogen (secondary N) is 2. The van der Waals surface area contributed by atoms with E-state index in [1.54, 1.807) is 45.7 Å². The fraction of sp³-hybridized carbons (Fsp3) is 0.333. The monoisotopic (exact) mass is 338 g/mol. The van der Waals surface area contributed by atoms with Gasteiger partial charge in [0.2, 0.25) is 5.95 Å². The van der Waals surface area contributed by atoms with Gasteiger partial charge in [-0.15, -0.1) is 0 Å². The molecule has 0 amide bonds. The number of benzene rings is 1. The summed E-state index contributed by atoms with van der Waals surface area (Å²) in [5, 5.41) is 6.70. The van der Waals surface area contributed by atoms with Crippen LogP contribution in [0.5, 0.6) is 11.5 Å². The molecule has 8 heteroatoms. The molecule has 0 fully saturated rings. The Balaban J connectivity index is 2.19. The van der Waals surface area contributed by atoms with Gasteiger partial charge in [0.1, 0.15) is 17.3 Å². The first-order valence-corrected chi connectivity index (χ1v) is 7.30. The van der Waals surface area contributed by atoms with Gasteiger partial charge in [0.25, 0.3) is 0 Å². The molecule has 0 radical (unpaired) electrons. The van der Waals surface area contributed by atoms with Crippen LogP contribution in [0.3, 0.4) is 0 Å². The summed E-state index contributed by atoms with van der Waals surface area (Å²) in [6.45, 7) is 1.25. The van der Waals surface area contributed by atoms with E-state index in [0.29, 0.717) is 47.1 Å². The lowest BCUT2D eigenvalue weighted by Crippen LogP contribution is -2.09. The van der Waals surface area contributed by atoms with E-state index in [2.05, 4.69) is 20.6 Å². The van der Waals surface area contributed by atoms with Crippen LogP contribution in [-0.2, 0) is 4.74 Å². The molecule has 0 saturated carbocycles. The van der Waals surface area contributed by atoms with E-state index in [9.17, 15) is 0 Å². The fourth-order valence-corrected chi connectivity index (χ4v) is 2.11. The largest absolute Gasteiger partial charge is 0.495 e. The van der Waals surface area contributed by atoms with Crippen molar-refractivity contribution < 1.29 is 14.2 Å². The summed E-state index contributed by atoms with van der Waals surface area (Å²) in [7, 11) is 4.76. The van der Waals surface area contributed by atoms with Crippen LogP contribution < -0.4 is 20.1 Å². The number of halogens is 1. The standard InChI is InChI=1S/C15H19ClN4O3/c1-21-7-6-17-14-4-5-18-15(20-14)19-11-9-12(22-2)10(16)8-13(11)23-3/h4-5,8-9H,6-7H2,1-3H3,(H2,17,18,19,20). The first kappa shape index (κ1) is 17.1. The van der Waals surface area contributed by atoms with Crippen LogP contribution in [0.2, 0.25) is 5.02 Å². The minimum absolute atomic E-state index is 0.426. The Hall–Kier alpha value is -2.25. The minimum Gasteiger partial charge on any atom is -0.495 e. The molecule has 0 aliphatic rings. The zero-order chi connectivity index (χ0) is 16.7. The van der Waals surface area contributed by atoms with Crippen molar-refractivity contribution >= 4 is 29.1 Å². The fourth-order valence-electron chi connectivity index (χ4n) is 1.88. The number of hydrogen-bond donors (Lipinski definition) is 2. The first-order valence-electron chi connectivity index (χ1n) is 6.92. The topological polar surface area (TPSA) is 77.5 Å². The van der Waals surface area contributed by atoms with E-state index in [4.69, 9.17) is 25.8 Å². The average Bonchev–Trinajstić information content (AvgIpc) is 2.56. The van der Waals surface area contributed by atoms with Gasteiger partial charge in [0, 0.05) is 32.0 Å². The summed E-state index contributed by atoms with van der Waals surface area (Å²) in [6.07, 6.45) is 1.66. The smallest absolute Gasteiger partial charge is 0.229 e. The van der Waals surface area contributed by atoms with E-state index in [-0.39, 0.29) is 0 Å². The van der Waals surface area contributed by atoms with E-state index in [1.807, 2.05) is 0 Å². The second kappa shape index (κ2) is 8.40. The Morgan fingerprint density at radius 2 is 1.91 bits per heavy atom. The van der Waals surface area contributed by atoms with Crippen molar-refractivity contribution in [3.8, 4) is 11.5 Å². The maximum atomic E-state index is 6.09. The van der Waals surface area contributed by atoms with Gasteiger partial charge in [-0.25, -0.2) is 4.98 Å². The van der Waals surface area contributed by atoms with Crippen LogP contribution in [0.1, 0.15) is 0 Å². The SMILES string of the molecule is COCCNc1ccnc(Nc2cc(OC)c(Cl)cc2OC)n1. The summed E-state index contributed by atoms with van der Waals surface area (Å²) < 4.78 is 15.5. The van der Waals surface area contributed by atoms with E-state index in [1.165, 1.54) is 0 Å². The molecule has 1 aromatic carbocycles. The Morgan fingerprint density at radius 1 is 1.13 bits per heavy atom. The zero-order valence-electron chi connectivity index (χ0n) is 13.2. The number of anilines is 3. The predicted molar refractivity (Wildman–Crippen MR) is 90.2 cm³/mol. The second-order valence-electron chi connectivity index (χ2n) is 4.50. The molecule has 124 valence electrons. The number of methoxy groups -OCH3 is 3. The van der Waals surface area contributed by atoms with Crippen molar-refractivity contribution in [1.29, 1.82) is 0 Å². The van der Waals surface area contributed by atoms with Crippen LogP contribution in [0.15, 0.2) is 24.4 Å². The third-order valence-corrected chi connectivity index (χ3v) is 3.28. The lowest BCUT2D eigenvalue weighted by molar-refractivity contribution is 0.210. The average molecular weight is 339 g/mol. The maximum absolute atomic E-state index is 6.09. The van der Waals surface area contributed by atoms with Crippen molar-refractivity contribution in [1.82, 2.24) is 9.97 Å². The zero-order valence-corrected chi connectivity index (χ0v) is 14.0. The van der Waals surface area contributed by atoms with Gasteiger partial charge >= 0.3 is 0 Å². The third kappa shape index (κ3) is 4.61. The Bertz CT molecular complexity index is 655. The highest BCUT2D eigenvalue weighted by Crippen LogP contribution is 2.36. The van der Waals surface area contributed by atoms with Crippen molar-refractivity contribution in [2.45, 2.75) is 0 Å².